The van der Waals surface area contributed by atoms with Crippen LogP contribution in [0.2, 0.25) is 0 Å². The van der Waals surface area contributed by atoms with E-state index in [0.29, 0.717) is 11.4 Å². The Morgan fingerprint density at radius 2 is 1.70 bits per heavy atom. The number of hydrogen-bond donors (Lipinski definition) is 1. The van der Waals surface area contributed by atoms with Gasteiger partial charge in [0.05, 0.1) is 10.6 Å². The van der Waals surface area contributed by atoms with E-state index >= 15 is 0 Å². The van der Waals surface area contributed by atoms with Crippen molar-refractivity contribution in [3.05, 3.63) is 53.0 Å². The minimum absolute atomic E-state index is 0.0414. The molecule has 2 aromatic rings. The lowest BCUT2D eigenvalue weighted by Gasteiger charge is -2.08. The second-order valence-electron chi connectivity index (χ2n) is 4.72. The molecule has 23 heavy (non-hydrogen) atoms. The van der Waals surface area contributed by atoms with Gasteiger partial charge in [-0.1, -0.05) is 22.9 Å². The molecule has 0 fully saturated rings. The van der Waals surface area contributed by atoms with Crippen LogP contribution in [0.25, 0.3) is 0 Å². The first-order valence-electron chi connectivity index (χ1n) is 6.92. The van der Waals surface area contributed by atoms with Gasteiger partial charge < -0.3 is 10.1 Å². The van der Waals surface area contributed by atoms with E-state index in [2.05, 4.69) is 21.2 Å². The number of carbonyl (C=O) groups excluding carboxylic acids is 1. The molecular weight excluding hydrogens is 382 g/mol. The molecule has 0 aliphatic carbocycles. The Hall–Kier alpha value is -1.86. The highest BCUT2D eigenvalue weighted by Gasteiger charge is 2.11. The van der Waals surface area contributed by atoms with Gasteiger partial charge in [0, 0.05) is 10.2 Å². The van der Waals surface area contributed by atoms with Crippen molar-refractivity contribution in [1.29, 1.82) is 0 Å². The second kappa shape index (κ2) is 7.61. The molecule has 122 valence electrons. The minimum Gasteiger partial charge on any atom is -0.484 e. The Labute approximate surface area is 143 Å². The maximum Gasteiger partial charge on any atom is 0.262 e. The predicted molar refractivity (Wildman–Crippen MR) is 92.4 cm³/mol. The molecule has 1 amide bonds. The smallest absolute Gasteiger partial charge is 0.262 e. The molecule has 0 radical (unpaired) electrons. The summed E-state index contributed by atoms with van der Waals surface area (Å²) in [6.07, 6.45) is 0. The summed E-state index contributed by atoms with van der Waals surface area (Å²) in [4.78, 5) is 12.1. The standard InChI is InChI=1S/C16H16BrNO4S/c1-2-23(20,21)15-9-5-13(6-10-15)18-16(19)11-22-14-7-3-12(17)4-8-14/h3-10H,2,11H2,1H3,(H,18,19). The molecular formula is C16H16BrNO4S. The molecule has 0 aromatic heterocycles. The number of rotatable bonds is 6. The highest BCUT2D eigenvalue weighted by Crippen LogP contribution is 2.17. The highest BCUT2D eigenvalue weighted by atomic mass is 79.9. The van der Waals surface area contributed by atoms with Crippen LogP contribution in [0.4, 0.5) is 5.69 Å². The number of sulfone groups is 1. The summed E-state index contributed by atoms with van der Waals surface area (Å²) in [5.74, 6) is 0.312. The van der Waals surface area contributed by atoms with E-state index in [4.69, 9.17) is 4.74 Å². The van der Waals surface area contributed by atoms with Crippen molar-refractivity contribution in [2.75, 3.05) is 17.7 Å². The number of nitrogens with one attached hydrogen (secondary N) is 1. The molecule has 0 bridgehead atoms. The SMILES string of the molecule is CCS(=O)(=O)c1ccc(NC(=O)COc2ccc(Br)cc2)cc1. The van der Waals surface area contributed by atoms with Crippen LogP contribution in [-0.4, -0.2) is 26.7 Å². The van der Waals surface area contributed by atoms with Crippen molar-refractivity contribution < 1.29 is 17.9 Å². The monoisotopic (exact) mass is 397 g/mol. The van der Waals surface area contributed by atoms with Gasteiger partial charge in [-0.25, -0.2) is 8.42 Å². The normalized spacial score (nSPS) is 11.0. The van der Waals surface area contributed by atoms with Crippen molar-refractivity contribution in [2.45, 2.75) is 11.8 Å². The van der Waals surface area contributed by atoms with Gasteiger partial charge in [-0.2, -0.15) is 0 Å². The fourth-order valence-corrected chi connectivity index (χ4v) is 2.94. The van der Waals surface area contributed by atoms with E-state index in [1.54, 1.807) is 31.2 Å². The molecule has 0 aliphatic rings. The Kier molecular flexibility index (Phi) is 5.79. The zero-order chi connectivity index (χ0) is 16.9. The van der Waals surface area contributed by atoms with Gasteiger partial charge >= 0.3 is 0 Å². The third kappa shape index (κ3) is 5.07. The summed E-state index contributed by atoms with van der Waals surface area (Å²) in [5.41, 5.74) is 0.518. The maximum absolute atomic E-state index is 11.8. The summed E-state index contributed by atoms with van der Waals surface area (Å²) in [5, 5.41) is 2.65. The number of benzene rings is 2. The van der Waals surface area contributed by atoms with Crippen LogP contribution in [0.5, 0.6) is 5.75 Å². The van der Waals surface area contributed by atoms with E-state index in [1.807, 2.05) is 12.1 Å². The van der Waals surface area contributed by atoms with Crippen molar-refractivity contribution in [3.63, 3.8) is 0 Å². The minimum atomic E-state index is -3.23. The van der Waals surface area contributed by atoms with E-state index < -0.39 is 9.84 Å². The molecule has 0 saturated heterocycles. The van der Waals surface area contributed by atoms with Crippen LogP contribution < -0.4 is 10.1 Å². The largest absolute Gasteiger partial charge is 0.484 e. The third-order valence-electron chi connectivity index (χ3n) is 3.06. The van der Waals surface area contributed by atoms with Crippen molar-refractivity contribution in [2.24, 2.45) is 0 Å². The Morgan fingerprint density at radius 1 is 1.09 bits per heavy atom. The Morgan fingerprint density at radius 3 is 2.26 bits per heavy atom. The first-order chi connectivity index (χ1) is 10.9. The van der Waals surface area contributed by atoms with Gasteiger partial charge in [0.2, 0.25) is 0 Å². The van der Waals surface area contributed by atoms with E-state index in [9.17, 15) is 13.2 Å². The van der Waals surface area contributed by atoms with E-state index in [-0.39, 0.29) is 23.2 Å². The summed E-state index contributed by atoms with van der Waals surface area (Å²) < 4.78 is 29.7. The number of ether oxygens (including phenoxy) is 1. The van der Waals surface area contributed by atoms with Crippen LogP contribution in [-0.2, 0) is 14.6 Å². The highest BCUT2D eigenvalue weighted by molar-refractivity contribution is 9.10. The van der Waals surface area contributed by atoms with Crippen LogP contribution in [0, 0.1) is 0 Å². The topological polar surface area (TPSA) is 72.5 Å². The summed E-state index contributed by atoms with van der Waals surface area (Å²) >= 11 is 3.32. The molecule has 0 saturated carbocycles. The van der Waals surface area contributed by atoms with E-state index in [1.165, 1.54) is 12.1 Å². The first kappa shape index (κ1) is 17.5. The van der Waals surface area contributed by atoms with Crippen molar-refractivity contribution in [3.8, 4) is 5.75 Å². The van der Waals surface area contributed by atoms with Crippen LogP contribution in [0.15, 0.2) is 57.9 Å². The van der Waals surface area contributed by atoms with Crippen molar-refractivity contribution >= 4 is 37.4 Å². The number of halogens is 1. The number of anilines is 1. The van der Waals surface area contributed by atoms with Gasteiger partial charge in [0.1, 0.15) is 5.75 Å². The average molecular weight is 398 g/mol. The van der Waals surface area contributed by atoms with Crippen molar-refractivity contribution in [1.82, 2.24) is 0 Å². The van der Waals surface area contributed by atoms with E-state index in [0.717, 1.165) is 4.47 Å². The molecule has 0 atom stereocenters. The summed E-state index contributed by atoms with van der Waals surface area (Å²) in [6.45, 7) is 1.46. The lowest BCUT2D eigenvalue weighted by molar-refractivity contribution is -0.118. The molecule has 5 nitrogen and oxygen atoms in total. The van der Waals surface area contributed by atoms with Crippen LogP contribution in [0.3, 0.4) is 0 Å². The lowest BCUT2D eigenvalue weighted by atomic mass is 10.3. The van der Waals surface area contributed by atoms with Gasteiger partial charge in [0.15, 0.2) is 16.4 Å². The lowest BCUT2D eigenvalue weighted by Crippen LogP contribution is -2.20. The summed E-state index contributed by atoms with van der Waals surface area (Å²) in [7, 11) is -3.23. The Bertz CT molecular complexity index is 771. The molecule has 0 heterocycles. The van der Waals surface area contributed by atoms with Crippen LogP contribution in [0.1, 0.15) is 6.92 Å². The average Bonchev–Trinajstić information content (AvgIpc) is 2.55. The fourth-order valence-electron chi connectivity index (χ4n) is 1.79. The number of amides is 1. The molecule has 1 N–H and O–H groups in total. The zero-order valence-electron chi connectivity index (χ0n) is 12.5. The van der Waals surface area contributed by atoms with Gasteiger partial charge in [-0.05, 0) is 48.5 Å². The fraction of sp³-hybridized carbons (Fsp3) is 0.188. The molecule has 2 aromatic carbocycles. The third-order valence-corrected chi connectivity index (χ3v) is 5.34. The quantitative estimate of drug-likeness (QED) is 0.811. The first-order valence-corrected chi connectivity index (χ1v) is 9.36. The maximum atomic E-state index is 11.8. The molecule has 2 rings (SSSR count). The van der Waals surface area contributed by atoms with Gasteiger partial charge in [0.25, 0.3) is 5.91 Å². The van der Waals surface area contributed by atoms with Crippen LogP contribution >= 0.6 is 15.9 Å². The number of hydrogen-bond acceptors (Lipinski definition) is 4. The molecule has 7 heteroatoms. The molecule has 0 spiro atoms. The zero-order valence-corrected chi connectivity index (χ0v) is 14.9. The molecule has 0 aliphatic heterocycles. The summed E-state index contributed by atoms with van der Waals surface area (Å²) in [6, 6.07) is 13.2. The van der Waals surface area contributed by atoms with Gasteiger partial charge in [-0.15, -0.1) is 0 Å². The number of carbonyl (C=O) groups is 1. The predicted octanol–water partition coefficient (Wildman–Crippen LogP) is 3.26. The second-order valence-corrected chi connectivity index (χ2v) is 7.91. The van der Waals surface area contributed by atoms with Gasteiger partial charge in [-0.3, -0.25) is 4.79 Å². The Balaban J connectivity index is 1.91. The molecule has 0 unspecified atom stereocenters.